The highest BCUT2D eigenvalue weighted by atomic mass is 35.5. The lowest BCUT2D eigenvalue weighted by Crippen LogP contribution is -2.50. The van der Waals surface area contributed by atoms with Crippen molar-refractivity contribution in [3.05, 3.63) is 75.0 Å². The molecule has 1 atom stereocenters. The monoisotopic (exact) mass is 479 g/mol. The second-order valence-electron chi connectivity index (χ2n) is 6.76. The Labute approximate surface area is 182 Å². The predicted octanol–water partition coefficient (Wildman–Crippen LogP) is 5.35. The Kier molecular flexibility index (Phi) is 6.89. The fourth-order valence-corrected chi connectivity index (χ4v) is 4.45. The van der Waals surface area contributed by atoms with Gasteiger partial charge in [0.15, 0.2) is 0 Å². The van der Waals surface area contributed by atoms with Gasteiger partial charge in [-0.05, 0) is 41.5 Å². The largest absolute Gasteiger partial charge is 0.399 e. The van der Waals surface area contributed by atoms with E-state index in [0.717, 1.165) is 30.4 Å². The molecule has 1 aliphatic heterocycles. The first kappa shape index (κ1) is 22.8. The number of amides is 1. The fourth-order valence-electron chi connectivity index (χ4n) is 2.94. The quantitative estimate of drug-likeness (QED) is 0.587. The average molecular weight is 480 g/mol. The predicted molar refractivity (Wildman–Crippen MR) is 110 cm³/mol. The fraction of sp³-hybridized carbons (Fsp3) is 0.250. The van der Waals surface area contributed by atoms with Crippen LogP contribution in [0.2, 0.25) is 10.0 Å². The summed E-state index contributed by atoms with van der Waals surface area (Å²) in [6, 6.07) is 6.89. The van der Waals surface area contributed by atoms with Crippen LogP contribution in [0.5, 0.6) is 0 Å². The molecule has 0 radical (unpaired) electrons. The maximum absolute atomic E-state index is 14.3. The van der Waals surface area contributed by atoms with Gasteiger partial charge in [-0.25, -0.2) is 4.39 Å². The molecule has 3 rings (SSSR count). The number of alkyl halides is 3. The Bertz CT molecular complexity index is 998. The molecule has 0 saturated carbocycles. The molecule has 1 aliphatic rings. The molecular formula is C20H15Cl2F4NO2S. The lowest BCUT2D eigenvalue weighted by molar-refractivity contribution is -0.139. The number of benzene rings is 2. The van der Waals surface area contributed by atoms with Crippen molar-refractivity contribution < 1.29 is 26.6 Å². The zero-order valence-corrected chi connectivity index (χ0v) is 17.5. The topological polar surface area (TPSA) is 46.2 Å². The van der Waals surface area contributed by atoms with Gasteiger partial charge in [-0.1, -0.05) is 41.4 Å². The molecule has 1 fully saturated rings. The number of nitrogens with one attached hydrogen (secondary N) is 1. The van der Waals surface area contributed by atoms with Crippen LogP contribution in [-0.4, -0.2) is 33.8 Å². The van der Waals surface area contributed by atoms with Gasteiger partial charge in [-0.15, -0.1) is 0 Å². The van der Waals surface area contributed by atoms with Crippen molar-refractivity contribution >= 4 is 46.0 Å². The molecule has 2 aromatic carbocycles. The van der Waals surface area contributed by atoms with E-state index in [9.17, 15) is 26.6 Å². The van der Waals surface area contributed by atoms with Crippen LogP contribution in [0.25, 0.3) is 6.08 Å². The zero-order valence-electron chi connectivity index (χ0n) is 15.2. The van der Waals surface area contributed by atoms with Gasteiger partial charge in [-0.2, -0.15) is 13.2 Å². The maximum atomic E-state index is 14.3. The third-order valence-electron chi connectivity index (χ3n) is 4.42. The smallest absolute Gasteiger partial charge is 0.347 e. The summed E-state index contributed by atoms with van der Waals surface area (Å²) in [5, 5.41) is 2.69. The van der Waals surface area contributed by atoms with Gasteiger partial charge in [-0.3, -0.25) is 9.00 Å². The third-order valence-corrected chi connectivity index (χ3v) is 6.41. The number of carbonyl (C=O) groups excluding carboxylic acids is 1. The molecule has 3 nitrogen and oxygen atoms in total. The highest BCUT2D eigenvalue weighted by molar-refractivity contribution is 7.86. The standard InChI is InChI=1S/C20H15Cl2F4NO2S/c21-13-6-12(7-14(22)8-13)17(20(24,25)26)4-2-11-1-3-16(18(23)5-11)19(28)27-15-9-30(29)10-15/h1-8,15,17H,9-10H2,(H,27,28)/b4-2+. The van der Waals surface area contributed by atoms with E-state index in [-0.39, 0.29) is 32.8 Å². The van der Waals surface area contributed by atoms with Crippen LogP contribution in [0, 0.1) is 5.82 Å². The normalized spacial score (nSPS) is 20.1. The van der Waals surface area contributed by atoms with Crippen molar-refractivity contribution in [3.8, 4) is 0 Å². The van der Waals surface area contributed by atoms with Gasteiger partial charge in [0.05, 0.1) is 17.5 Å². The summed E-state index contributed by atoms with van der Waals surface area (Å²) in [6.07, 6.45) is -2.63. The highest BCUT2D eigenvalue weighted by Crippen LogP contribution is 2.38. The average Bonchev–Trinajstić information content (AvgIpc) is 2.58. The molecule has 1 amide bonds. The van der Waals surface area contributed by atoms with Gasteiger partial charge < -0.3 is 5.32 Å². The summed E-state index contributed by atoms with van der Waals surface area (Å²) in [5.41, 5.74) is -0.236. The van der Waals surface area contributed by atoms with E-state index in [1.54, 1.807) is 0 Å². The van der Waals surface area contributed by atoms with Crippen molar-refractivity contribution in [2.45, 2.75) is 18.1 Å². The van der Waals surface area contributed by atoms with E-state index in [2.05, 4.69) is 5.32 Å². The van der Waals surface area contributed by atoms with Crippen LogP contribution in [0.1, 0.15) is 27.4 Å². The van der Waals surface area contributed by atoms with Crippen molar-refractivity contribution in [3.63, 3.8) is 0 Å². The Morgan fingerprint density at radius 1 is 1.13 bits per heavy atom. The molecule has 0 bridgehead atoms. The Morgan fingerprint density at radius 2 is 1.77 bits per heavy atom. The van der Waals surface area contributed by atoms with E-state index in [0.29, 0.717) is 11.5 Å². The first-order chi connectivity index (χ1) is 14.0. The number of allylic oxidation sites excluding steroid dienone is 1. The summed E-state index contributed by atoms with van der Waals surface area (Å²) in [6.45, 7) is 0. The number of hydrogen-bond acceptors (Lipinski definition) is 2. The summed E-state index contributed by atoms with van der Waals surface area (Å²) in [4.78, 5) is 12.1. The molecule has 10 heteroatoms. The molecule has 1 unspecified atom stereocenters. The minimum absolute atomic E-state index is 0.0665. The van der Waals surface area contributed by atoms with Crippen molar-refractivity contribution in [1.82, 2.24) is 5.32 Å². The lowest BCUT2D eigenvalue weighted by Gasteiger charge is -2.25. The second-order valence-corrected chi connectivity index (χ2v) is 9.18. The van der Waals surface area contributed by atoms with Crippen molar-refractivity contribution in [1.29, 1.82) is 0 Å². The Balaban J connectivity index is 1.80. The van der Waals surface area contributed by atoms with Crippen LogP contribution in [0.3, 0.4) is 0 Å². The van der Waals surface area contributed by atoms with Gasteiger partial charge in [0.2, 0.25) is 0 Å². The van der Waals surface area contributed by atoms with Crippen LogP contribution in [-0.2, 0) is 10.8 Å². The van der Waals surface area contributed by atoms with Crippen LogP contribution in [0.15, 0.2) is 42.5 Å². The molecule has 160 valence electrons. The first-order valence-electron chi connectivity index (χ1n) is 8.69. The molecule has 0 spiro atoms. The summed E-state index contributed by atoms with van der Waals surface area (Å²) in [5.74, 6) is -2.89. The van der Waals surface area contributed by atoms with E-state index < -0.39 is 34.6 Å². The van der Waals surface area contributed by atoms with Gasteiger partial charge >= 0.3 is 6.18 Å². The van der Waals surface area contributed by atoms with Crippen molar-refractivity contribution in [2.75, 3.05) is 11.5 Å². The second kappa shape index (κ2) is 9.08. The molecular weight excluding hydrogens is 465 g/mol. The summed E-state index contributed by atoms with van der Waals surface area (Å²) >= 11 is 11.6. The minimum atomic E-state index is -4.62. The van der Waals surface area contributed by atoms with E-state index in [1.807, 2.05) is 0 Å². The van der Waals surface area contributed by atoms with Crippen molar-refractivity contribution in [2.24, 2.45) is 0 Å². The number of halogens is 6. The molecule has 0 aromatic heterocycles. The molecule has 1 saturated heterocycles. The first-order valence-corrected chi connectivity index (χ1v) is 10.9. The number of carbonyl (C=O) groups is 1. The molecule has 1 heterocycles. The van der Waals surface area contributed by atoms with Gasteiger partial charge in [0, 0.05) is 32.4 Å². The van der Waals surface area contributed by atoms with E-state index >= 15 is 0 Å². The third kappa shape index (κ3) is 5.62. The molecule has 0 aliphatic carbocycles. The highest BCUT2D eigenvalue weighted by Gasteiger charge is 2.39. The van der Waals surface area contributed by atoms with Crippen LogP contribution < -0.4 is 5.32 Å². The van der Waals surface area contributed by atoms with Crippen LogP contribution in [0.4, 0.5) is 17.6 Å². The summed E-state index contributed by atoms with van der Waals surface area (Å²) < 4.78 is 66.0. The van der Waals surface area contributed by atoms with Crippen LogP contribution >= 0.6 is 23.2 Å². The Morgan fingerprint density at radius 3 is 2.30 bits per heavy atom. The number of hydrogen-bond donors (Lipinski definition) is 1. The number of rotatable bonds is 5. The SMILES string of the molecule is O=C(NC1CS(=O)C1)c1ccc(/C=C/C(c2cc(Cl)cc(Cl)c2)C(F)(F)F)cc1F. The van der Waals surface area contributed by atoms with Gasteiger partial charge in [0.1, 0.15) is 5.82 Å². The lowest BCUT2D eigenvalue weighted by atomic mass is 9.97. The van der Waals surface area contributed by atoms with E-state index in [1.165, 1.54) is 18.2 Å². The Hall–Kier alpha value is -1.90. The molecule has 1 N–H and O–H groups in total. The summed E-state index contributed by atoms with van der Waals surface area (Å²) in [7, 11) is -0.964. The zero-order chi connectivity index (χ0) is 22.1. The maximum Gasteiger partial charge on any atom is 0.399 e. The van der Waals surface area contributed by atoms with Gasteiger partial charge in [0.25, 0.3) is 5.91 Å². The molecule has 2 aromatic rings. The minimum Gasteiger partial charge on any atom is -0.347 e. The molecule has 30 heavy (non-hydrogen) atoms. The van der Waals surface area contributed by atoms with E-state index in [4.69, 9.17) is 23.2 Å².